The monoisotopic (exact) mass is 340 g/mol. The smallest absolute Gasteiger partial charge is 0.277 e. The van der Waals surface area contributed by atoms with Crippen molar-refractivity contribution in [2.75, 3.05) is 5.32 Å². The Balaban J connectivity index is 1.76. The Bertz CT molecular complexity index is 1140. The molecule has 0 aliphatic carbocycles. The molecule has 4 aromatic rings. The van der Waals surface area contributed by atoms with E-state index in [0.29, 0.717) is 28.3 Å². The lowest BCUT2D eigenvalue weighted by Crippen LogP contribution is -2.16. The lowest BCUT2D eigenvalue weighted by atomic mass is 10.1. The van der Waals surface area contributed by atoms with Gasteiger partial charge in [-0.3, -0.25) is 4.79 Å². The van der Waals surface area contributed by atoms with Crippen LogP contribution in [0.3, 0.4) is 0 Å². The molecule has 1 N–H and O–H groups in total. The highest BCUT2D eigenvalue weighted by Crippen LogP contribution is 2.21. The van der Waals surface area contributed by atoms with Crippen molar-refractivity contribution in [2.45, 2.75) is 0 Å². The van der Waals surface area contributed by atoms with Crippen molar-refractivity contribution in [2.24, 2.45) is 0 Å². The van der Waals surface area contributed by atoms with E-state index < -0.39 is 0 Å². The fourth-order valence-electron chi connectivity index (χ4n) is 2.59. The molecule has 26 heavy (non-hydrogen) atoms. The zero-order valence-electron chi connectivity index (χ0n) is 13.5. The number of benzene rings is 1. The van der Waals surface area contributed by atoms with E-state index in [4.69, 9.17) is 0 Å². The summed E-state index contributed by atoms with van der Waals surface area (Å²) < 4.78 is 1.46. The minimum Gasteiger partial charge on any atom is -0.305 e. The number of imidazole rings is 1. The van der Waals surface area contributed by atoms with Gasteiger partial charge in [-0.1, -0.05) is 24.3 Å². The number of rotatable bonds is 3. The zero-order valence-corrected chi connectivity index (χ0v) is 13.5. The highest BCUT2D eigenvalue weighted by Gasteiger charge is 2.15. The molecular weight excluding hydrogens is 328 g/mol. The Morgan fingerprint density at radius 3 is 2.69 bits per heavy atom. The number of carbonyl (C=O) groups is 1. The maximum atomic E-state index is 12.6. The molecule has 0 radical (unpaired) electrons. The average molecular weight is 340 g/mol. The van der Waals surface area contributed by atoms with Gasteiger partial charge in [-0.25, -0.2) is 14.5 Å². The van der Waals surface area contributed by atoms with E-state index in [9.17, 15) is 10.1 Å². The first-order chi connectivity index (χ1) is 12.8. The number of hydrogen-bond donors (Lipinski definition) is 1. The zero-order chi connectivity index (χ0) is 17.9. The largest absolute Gasteiger partial charge is 0.305 e. The van der Waals surface area contributed by atoms with Crippen LogP contribution in [-0.2, 0) is 0 Å². The lowest BCUT2D eigenvalue weighted by Gasteiger charge is -2.06. The van der Waals surface area contributed by atoms with Crippen LogP contribution in [-0.4, -0.2) is 25.5 Å². The molecule has 1 amide bonds. The summed E-state index contributed by atoms with van der Waals surface area (Å²) in [6, 6.07) is 18.1. The van der Waals surface area contributed by atoms with E-state index in [-0.39, 0.29) is 11.6 Å². The highest BCUT2D eigenvalue weighted by molar-refractivity contribution is 6.02. The van der Waals surface area contributed by atoms with Crippen molar-refractivity contribution in [1.29, 1.82) is 5.26 Å². The van der Waals surface area contributed by atoms with Crippen molar-refractivity contribution in [3.8, 4) is 17.3 Å². The van der Waals surface area contributed by atoms with Crippen molar-refractivity contribution in [1.82, 2.24) is 19.6 Å². The Morgan fingerprint density at radius 2 is 1.88 bits per heavy atom. The first-order valence-corrected chi connectivity index (χ1v) is 7.83. The van der Waals surface area contributed by atoms with Crippen LogP contribution in [0.5, 0.6) is 0 Å². The third-order valence-corrected chi connectivity index (χ3v) is 3.82. The predicted octanol–water partition coefficient (Wildman–Crippen LogP) is 2.92. The highest BCUT2D eigenvalue weighted by atomic mass is 16.2. The molecule has 7 heteroatoms. The molecule has 0 atom stereocenters. The van der Waals surface area contributed by atoms with E-state index in [1.54, 1.807) is 48.7 Å². The molecule has 0 aliphatic heterocycles. The SMILES string of the molecule is N#Cc1ccccc1-c1ccc2ncc(C(=O)Nc3ccccn3)n2n1. The van der Waals surface area contributed by atoms with E-state index in [1.165, 1.54) is 10.7 Å². The lowest BCUT2D eigenvalue weighted by molar-refractivity contribution is 0.102. The van der Waals surface area contributed by atoms with Crippen LogP contribution in [0.15, 0.2) is 67.0 Å². The number of pyridine rings is 1. The Kier molecular flexibility index (Phi) is 3.84. The summed E-state index contributed by atoms with van der Waals surface area (Å²) in [6.07, 6.45) is 3.06. The second-order valence-electron chi connectivity index (χ2n) is 5.46. The van der Waals surface area contributed by atoms with Gasteiger partial charge in [0.2, 0.25) is 0 Å². The summed E-state index contributed by atoms with van der Waals surface area (Å²) >= 11 is 0. The van der Waals surface area contributed by atoms with E-state index in [2.05, 4.69) is 26.5 Å². The van der Waals surface area contributed by atoms with Crippen LogP contribution in [0.25, 0.3) is 16.9 Å². The summed E-state index contributed by atoms with van der Waals surface area (Å²) in [5.41, 5.74) is 2.61. The molecule has 0 fully saturated rings. The molecule has 124 valence electrons. The Hall–Kier alpha value is -4.05. The minimum absolute atomic E-state index is 0.280. The van der Waals surface area contributed by atoms with Gasteiger partial charge in [0.1, 0.15) is 5.82 Å². The van der Waals surface area contributed by atoms with Gasteiger partial charge >= 0.3 is 0 Å². The van der Waals surface area contributed by atoms with Crippen molar-refractivity contribution >= 4 is 17.4 Å². The van der Waals surface area contributed by atoms with Crippen LogP contribution in [0.4, 0.5) is 5.82 Å². The minimum atomic E-state index is -0.366. The molecule has 4 rings (SSSR count). The first-order valence-electron chi connectivity index (χ1n) is 7.83. The summed E-state index contributed by atoms with van der Waals surface area (Å²) in [7, 11) is 0. The van der Waals surface area contributed by atoms with E-state index in [0.717, 1.165) is 0 Å². The van der Waals surface area contributed by atoms with Gasteiger partial charge < -0.3 is 5.32 Å². The maximum Gasteiger partial charge on any atom is 0.277 e. The van der Waals surface area contributed by atoms with E-state index >= 15 is 0 Å². The Labute approximate surface area is 148 Å². The fourth-order valence-corrected chi connectivity index (χ4v) is 2.59. The normalized spacial score (nSPS) is 10.4. The molecule has 7 nitrogen and oxygen atoms in total. The van der Waals surface area contributed by atoms with Crippen LogP contribution >= 0.6 is 0 Å². The Morgan fingerprint density at radius 1 is 1.04 bits per heavy atom. The van der Waals surface area contributed by atoms with Crippen molar-refractivity contribution in [3.63, 3.8) is 0 Å². The molecule has 0 spiro atoms. The van der Waals surface area contributed by atoms with Gasteiger partial charge in [-0.15, -0.1) is 0 Å². The number of nitrogens with zero attached hydrogens (tertiary/aromatic N) is 5. The van der Waals surface area contributed by atoms with Gasteiger partial charge in [0.25, 0.3) is 5.91 Å². The standard InChI is InChI=1S/C19H12N6O/c20-11-13-5-1-2-6-14(13)15-8-9-18-22-12-16(25(18)24-15)19(26)23-17-7-3-4-10-21-17/h1-10,12H,(H,21,23,26). The number of carbonyl (C=O) groups excluding carboxylic acids is 1. The van der Waals surface area contributed by atoms with Crippen LogP contribution in [0.1, 0.15) is 16.1 Å². The number of fused-ring (bicyclic) bond motifs is 1. The van der Waals surface area contributed by atoms with Gasteiger partial charge in [0, 0.05) is 11.8 Å². The van der Waals surface area contributed by atoms with Crippen LogP contribution in [0, 0.1) is 11.3 Å². The molecule has 3 aromatic heterocycles. The molecule has 3 heterocycles. The number of nitrogens with one attached hydrogen (secondary N) is 1. The summed E-state index contributed by atoms with van der Waals surface area (Å²) in [6.45, 7) is 0. The third kappa shape index (κ3) is 2.76. The maximum absolute atomic E-state index is 12.6. The number of aromatic nitrogens is 4. The molecule has 0 aliphatic rings. The quantitative estimate of drug-likeness (QED) is 0.618. The fraction of sp³-hybridized carbons (Fsp3) is 0. The van der Waals surface area contributed by atoms with Crippen LogP contribution in [0.2, 0.25) is 0 Å². The number of hydrogen-bond acceptors (Lipinski definition) is 5. The average Bonchev–Trinajstić information content (AvgIpc) is 3.12. The molecule has 0 saturated heterocycles. The molecule has 1 aromatic carbocycles. The van der Waals surface area contributed by atoms with Gasteiger partial charge in [-0.05, 0) is 30.3 Å². The summed E-state index contributed by atoms with van der Waals surface area (Å²) in [5, 5.41) is 16.5. The van der Waals surface area contributed by atoms with Crippen LogP contribution < -0.4 is 5.32 Å². The van der Waals surface area contributed by atoms with E-state index in [1.807, 2.05) is 12.1 Å². The second kappa shape index (κ2) is 6.45. The topological polar surface area (TPSA) is 96.0 Å². The molecule has 0 unspecified atom stereocenters. The van der Waals surface area contributed by atoms with Gasteiger partial charge in [0.05, 0.1) is 23.5 Å². The van der Waals surface area contributed by atoms with Gasteiger partial charge in [0.15, 0.2) is 11.3 Å². The summed E-state index contributed by atoms with van der Waals surface area (Å²) in [5.74, 6) is 0.0767. The molecule has 0 bridgehead atoms. The van der Waals surface area contributed by atoms with Crippen molar-refractivity contribution < 1.29 is 4.79 Å². The molecular formula is C19H12N6O. The second-order valence-corrected chi connectivity index (χ2v) is 5.46. The van der Waals surface area contributed by atoms with Gasteiger partial charge in [-0.2, -0.15) is 10.4 Å². The molecule has 0 saturated carbocycles. The summed E-state index contributed by atoms with van der Waals surface area (Å²) in [4.78, 5) is 20.8. The van der Waals surface area contributed by atoms with Crippen molar-refractivity contribution in [3.05, 3.63) is 78.2 Å². The number of anilines is 1. The number of nitriles is 1. The first kappa shape index (κ1) is 15.5. The third-order valence-electron chi connectivity index (χ3n) is 3.82. The number of amides is 1. The predicted molar refractivity (Wildman–Crippen MR) is 95.3 cm³/mol.